The van der Waals surface area contributed by atoms with E-state index in [2.05, 4.69) is 25.1 Å². The standard InChI is InChI=1S/C30H33NO4/c1-3-20-5-4-6-25(17-20)35-19-28-26(22-11-12-22)18-27(23-13-14-23)29(32)31(28)16-15-21-7-9-24(10-8-21)30(33)34-2/h4-10,17-18,22-23H,3,11-16,19H2,1-2H3. The zero-order chi connectivity index (χ0) is 24.4. The van der Waals surface area contributed by atoms with Crippen LogP contribution in [0.5, 0.6) is 5.75 Å². The lowest BCUT2D eigenvalue weighted by Gasteiger charge is -2.20. The van der Waals surface area contributed by atoms with Crippen molar-refractivity contribution in [3.63, 3.8) is 0 Å². The van der Waals surface area contributed by atoms with Crippen LogP contribution >= 0.6 is 0 Å². The Morgan fingerprint density at radius 1 is 0.943 bits per heavy atom. The molecule has 0 unspecified atom stereocenters. The molecule has 0 radical (unpaired) electrons. The van der Waals surface area contributed by atoms with Crippen LogP contribution < -0.4 is 10.3 Å². The van der Waals surface area contributed by atoms with Gasteiger partial charge in [0.1, 0.15) is 12.4 Å². The number of ether oxygens (including phenoxy) is 2. The highest BCUT2D eigenvalue weighted by atomic mass is 16.5. The topological polar surface area (TPSA) is 57.5 Å². The molecule has 2 fully saturated rings. The van der Waals surface area contributed by atoms with Crippen LogP contribution in [0.25, 0.3) is 0 Å². The van der Waals surface area contributed by atoms with E-state index < -0.39 is 0 Å². The van der Waals surface area contributed by atoms with Gasteiger partial charge in [-0.1, -0.05) is 31.2 Å². The van der Waals surface area contributed by atoms with Crippen LogP contribution in [0.4, 0.5) is 0 Å². The summed E-state index contributed by atoms with van der Waals surface area (Å²) in [4.78, 5) is 25.4. The van der Waals surface area contributed by atoms with E-state index in [4.69, 9.17) is 9.47 Å². The molecule has 0 aliphatic heterocycles. The van der Waals surface area contributed by atoms with Crippen LogP contribution in [-0.2, 0) is 30.7 Å². The number of carbonyl (C=O) groups is 1. The van der Waals surface area contributed by atoms with Crippen LogP contribution in [0.3, 0.4) is 0 Å². The highest BCUT2D eigenvalue weighted by Crippen LogP contribution is 2.45. The molecule has 3 aromatic rings. The third-order valence-electron chi connectivity index (χ3n) is 7.18. The van der Waals surface area contributed by atoms with Gasteiger partial charge in [-0.2, -0.15) is 0 Å². The van der Waals surface area contributed by atoms with Gasteiger partial charge in [0, 0.05) is 12.1 Å². The van der Waals surface area contributed by atoms with Gasteiger partial charge in [-0.25, -0.2) is 4.79 Å². The molecule has 5 nitrogen and oxygen atoms in total. The fraction of sp³-hybridized carbons (Fsp3) is 0.400. The second kappa shape index (κ2) is 10.1. The maximum Gasteiger partial charge on any atom is 0.337 e. The molecule has 0 N–H and O–H groups in total. The molecule has 5 heteroatoms. The molecule has 0 atom stereocenters. The fourth-order valence-corrected chi connectivity index (χ4v) is 4.75. The largest absolute Gasteiger partial charge is 0.487 e. The highest BCUT2D eigenvalue weighted by molar-refractivity contribution is 5.89. The minimum Gasteiger partial charge on any atom is -0.487 e. The van der Waals surface area contributed by atoms with Gasteiger partial charge < -0.3 is 14.0 Å². The van der Waals surface area contributed by atoms with Gasteiger partial charge in [-0.3, -0.25) is 4.79 Å². The van der Waals surface area contributed by atoms with Gasteiger partial charge in [0.15, 0.2) is 0 Å². The normalized spacial score (nSPS) is 15.1. The van der Waals surface area contributed by atoms with Gasteiger partial charge in [0.05, 0.1) is 18.4 Å². The van der Waals surface area contributed by atoms with Crippen LogP contribution in [0.2, 0.25) is 0 Å². The monoisotopic (exact) mass is 471 g/mol. The Kier molecular flexibility index (Phi) is 6.76. The summed E-state index contributed by atoms with van der Waals surface area (Å²) in [5.74, 6) is 1.43. The van der Waals surface area contributed by atoms with Crippen molar-refractivity contribution in [2.24, 2.45) is 0 Å². The van der Waals surface area contributed by atoms with E-state index in [1.807, 2.05) is 28.8 Å². The van der Waals surface area contributed by atoms with E-state index >= 15 is 0 Å². The van der Waals surface area contributed by atoms with E-state index in [-0.39, 0.29) is 11.5 Å². The van der Waals surface area contributed by atoms with Crippen LogP contribution in [0, 0.1) is 0 Å². The quantitative estimate of drug-likeness (QED) is 0.352. The summed E-state index contributed by atoms with van der Waals surface area (Å²) in [6, 6.07) is 17.8. The molecule has 1 aromatic heterocycles. The number of benzene rings is 2. The second-order valence-corrected chi connectivity index (χ2v) is 9.74. The summed E-state index contributed by atoms with van der Waals surface area (Å²) >= 11 is 0. The van der Waals surface area contributed by atoms with Gasteiger partial charge in [-0.05, 0) is 97.4 Å². The average molecular weight is 472 g/mol. The molecule has 0 spiro atoms. The number of esters is 1. The maximum absolute atomic E-state index is 13.6. The first kappa shape index (κ1) is 23.4. The first-order valence-corrected chi connectivity index (χ1v) is 12.7. The molecule has 2 saturated carbocycles. The summed E-state index contributed by atoms with van der Waals surface area (Å²) in [7, 11) is 1.38. The molecule has 1 heterocycles. The first-order valence-electron chi connectivity index (χ1n) is 12.7. The molecule has 35 heavy (non-hydrogen) atoms. The number of aryl methyl sites for hydroxylation is 2. The Bertz CT molecular complexity index is 1270. The summed E-state index contributed by atoms with van der Waals surface area (Å²) in [5.41, 5.74) is 6.25. The van der Waals surface area contributed by atoms with Crippen molar-refractivity contribution < 1.29 is 14.3 Å². The number of hydrogen-bond donors (Lipinski definition) is 0. The zero-order valence-corrected chi connectivity index (χ0v) is 20.6. The predicted molar refractivity (Wildman–Crippen MR) is 136 cm³/mol. The number of rotatable bonds is 10. The zero-order valence-electron chi connectivity index (χ0n) is 20.6. The molecule has 0 amide bonds. The summed E-state index contributed by atoms with van der Waals surface area (Å²) in [6.07, 6.45) is 6.23. The number of methoxy groups -OCH3 is 1. The second-order valence-electron chi connectivity index (χ2n) is 9.74. The molecular weight excluding hydrogens is 438 g/mol. The van der Waals surface area contributed by atoms with E-state index in [0.29, 0.717) is 37.0 Å². The van der Waals surface area contributed by atoms with E-state index in [0.717, 1.165) is 41.8 Å². The average Bonchev–Trinajstić information content (AvgIpc) is 3.81. The Hall–Kier alpha value is -3.34. The number of nitrogens with zero attached hydrogens (tertiary/aromatic N) is 1. The lowest BCUT2D eigenvalue weighted by atomic mass is 10.0. The van der Waals surface area contributed by atoms with Gasteiger partial charge in [-0.15, -0.1) is 0 Å². The van der Waals surface area contributed by atoms with Gasteiger partial charge in [0.25, 0.3) is 5.56 Å². The Balaban J connectivity index is 1.44. The molecule has 5 rings (SSSR count). The first-order chi connectivity index (χ1) is 17.1. The van der Waals surface area contributed by atoms with Gasteiger partial charge in [0.2, 0.25) is 0 Å². The molecular formula is C30H33NO4. The van der Waals surface area contributed by atoms with Crippen molar-refractivity contribution >= 4 is 5.97 Å². The fourth-order valence-electron chi connectivity index (χ4n) is 4.75. The summed E-state index contributed by atoms with van der Waals surface area (Å²) in [5, 5.41) is 0. The van der Waals surface area contributed by atoms with E-state index in [9.17, 15) is 9.59 Å². The van der Waals surface area contributed by atoms with Crippen molar-refractivity contribution in [2.45, 2.75) is 70.4 Å². The molecule has 2 aliphatic carbocycles. The van der Waals surface area contributed by atoms with Crippen molar-refractivity contribution in [1.29, 1.82) is 0 Å². The molecule has 182 valence electrons. The van der Waals surface area contributed by atoms with Crippen molar-refractivity contribution in [3.05, 3.63) is 98.5 Å². The lowest BCUT2D eigenvalue weighted by Crippen LogP contribution is -2.29. The third kappa shape index (κ3) is 5.34. The smallest absolute Gasteiger partial charge is 0.337 e. The Morgan fingerprint density at radius 2 is 1.66 bits per heavy atom. The van der Waals surface area contributed by atoms with Crippen LogP contribution in [0.1, 0.15) is 82.7 Å². The van der Waals surface area contributed by atoms with Crippen molar-refractivity contribution in [3.8, 4) is 5.75 Å². The predicted octanol–water partition coefficient (Wildman–Crippen LogP) is 5.77. The van der Waals surface area contributed by atoms with E-state index in [1.54, 1.807) is 12.1 Å². The summed E-state index contributed by atoms with van der Waals surface area (Å²) < 4.78 is 13.0. The van der Waals surface area contributed by atoms with Crippen molar-refractivity contribution in [1.82, 2.24) is 4.57 Å². The summed E-state index contributed by atoms with van der Waals surface area (Å²) in [6.45, 7) is 3.11. The third-order valence-corrected chi connectivity index (χ3v) is 7.18. The number of aromatic nitrogens is 1. The highest BCUT2D eigenvalue weighted by Gasteiger charge is 2.33. The van der Waals surface area contributed by atoms with Crippen molar-refractivity contribution in [2.75, 3.05) is 7.11 Å². The molecule has 2 aliphatic rings. The van der Waals surface area contributed by atoms with Crippen LogP contribution in [-0.4, -0.2) is 17.6 Å². The maximum atomic E-state index is 13.6. The Labute approximate surface area is 206 Å². The molecule has 0 bridgehead atoms. The van der Waals surface area contributed by atoms with Gasteiger partial charge >= 0.3 is 5.97 Å². The minimum absolute atomic E-state index is 0.129. The minimum atomic E-state index is -0.342. The lowest BCUT2D eigenvalue weighted by molar-refractivity contribution is 0.0600. The number of hydrogen-bond acceptors (Lipinski definition) is 4. The Morgan fingerprint density at radius 3 is 2.31 bits per heavy atom. The molecule has 2 aromatic carbocycles. The number of carbonyl (C=O) groups excluding carboxylic acids is 1. The SMILES string of the molecule is CCc1cccc(OCc2c(C3CC3)cc(C3CC3)c(=O)n2CCc2ccc(C(=O)OC)cc2)c1. The molecule has 0 saturated heterocycles. The van der Waals surface area contributed by atoms with E-state index in [1.165, 1.54) is 31.1 Å². The van der Waals surface area contributed by atoms with Crippen LogP contribution in [0.15, 0.2) is 59.4 Å². The number of pyridine rings is 1.